The molecule has 0 rings (SSSR count). The molecular formula is C5H12N2OS2. The maximum atomic E-state index is 10.7. The number of hydrogen-bond donors (Lipinski definition) is 4. The van der Waals surface area contributed by atoms with Crippen molar-refractivity contribution in [2.75, 3.05) is 24.7 Å². The highest BCUT2D eigenvalue weighted by atomic mass is 32.1. The number of amides is 1. The molecule has 0 bridgehead atoms. The van der Waals surface area contributed by atoms with Gasteiger partial charge in [0, 0.05) is 18.2 Å². The molecule has 1 amide bonds. The van der Waals surface area contributed by atoms with E-state index in [0.717, 1.165) is 0 Å². The van der Waals surface area contributed by atoms with E-state index in [1.165, 1.54) is 0 Å². The Kier molecular flexibility index (Phi) is 7.33. The Bertz CT molecular complexity index is 89.6. The minimum Gasteiger partial charge on any atom is -0.354 e. The first-order valence-electron chi connectivity index (χ1n) is 3.00. The zero-order valence-corrected chi connectivity index (χ0v) is 7.42. The second-order valence-corrected chi connectivity index (χ2v) is 2.42. The van der Waals surface area contributed by atoms with Crippen LogP contribution in [0, 0.1) is 0 Å². The van der Waals surface area contributed by atoms with Crippen molar-refractivity contribution in [3.63, 3.8) is 0 Å². The monoisotopic (exact) mass is 180 g/mol. The van der Waals surface area contributed by atoms with E-state index in [2.05, 4.69) is 35.9 Å². The van der Waals surface area contributed by atoms with Gasteiger partial charge in [-0.15, -0.1) is 0 Å². The van der Waals surface area contributed by atoms with E-state index in [0.29, 0.717) is 24.7 Å². The van der Waals surface area contributed by atoms with Crippen LogP contribution in [0.15, 0.2) is 0 Å². The van der Waals surface area contributed by atoms with Crippen LogP contribution in [0.25, 0.3) is 0 Å². The summed E-state index contributed by atoms with van der Waals surface area (Å²) in [7, 11) is 0. The summed E-state index contributed by atoms with van der Waals surface area (Å²) in [5.74, 6) is 1.18. The van der Waals surface area contributed by atoms with E-state index in [1.807, 2.05) is 0 Å². The summed E-state index contributed by atoms with van der Waals surface area (Å²) in [4.78, 5) is 10.7. The van der Waals surface area contributed by atoms with Gasteiger partial charge in [0.05, 0.1) is 6.54 Å². The molecule has 0 aliphatic rings. The average Bonchev–Trinajstić information content (AvgIpc) is 1.97. The van der Waals surface area contributed by atoms with E-state index >= 15 is 0 Å². The van der Waals surface area contributed by atoms with Gasteiger partial charge in [0.15, 0.2) is 0 Å². The third-order valence-corrected chi connectivity index (χ3v) is 1.28. The third-order valence-electron chi connectivity index (χ3n) is 0.831. The first kappa shape index (κ1) is 10.1. The second-order valence-electron chi connectivity index (χ2n) is 1.66. The first-order valence-corrected chi connectivity index (χ1v) is 4.27. The fraction of sp³-hybridized carbons (Fsp3) is 0.800. The zero-order valence-electron chi connectivity index (χ0n) is 5.63. The predicted molar refractivity (Wildman–Crippen MR) is 48.7 cm³/mol. The summed E-state index contributed by atoms with van der Waals surface area (Å²) >= 11 is 7.82. The fourth-order valence-corrected chi connectivity index (χ4v) is 0.651. The topological polar surface area (TPSA) is 41.1 Å². The molecule has 2 N–H and O–H groups in total. The van der Waals surface area contributed by atoms with Crippen LogP contribution in [-0.4, -0.2) is 30.6 Å². The Labute approximate surface area is 71.8 Å². The molecule has 0 heterocycles. The largest absolute Gasteiger partial charge is 0.354 e. The van der Waals surface area contributed by atoms with Gasteiger partial charge >= 0.3 is 0 Å². The molecule has 5 heteroatoms. The van der Waals surface area contributed by atoms with Gasteiger partial charge in [0.2, 0.25) is 5.91 Å². The summed E-state index contributed by atoms with van der Waals surface area (Å²) < 4.78 is 0. The molecule has 0 aliphatic carbocycles. The van der Waals surface area contributed by atoms with Gasteiger partial charge in [-0.05, 0) is 0 Å². The van der Waals surface area contributed by atoms with Crippen LogP contribution < -0.4 is 10.6 Å². The molecule has 0 aromatic heterocycles. The average molecular weight is 180 g/mol. The van der Waals surface area contributed by atoms with E-state index in [1.54, 1.807) is 0 Å². The molecule has 10 heavy (non-hydrogen) atoms. The normalized spacial score (nSPS) is 9.40. The van der Waals surface area contributed by atoms with Crippen LogP contribution in [-0.2, 0) is 4.79 Å². The molecule has 0 saturated heterocycles. The van der Waals surface area contributed by atoms with Gasteiger partial charge in [-0.2, -0.15) is 25.3 Å². The zero-order chi connectivity index (χ0) is 7.82. The highest BCUT2D eigenvalue weighted by Crippen LogP contribution is 1.70. The van der Waals surface area contributed by atoms with Crippen molar-refractivity contribution in [2.45, 2.75) is 0 Å². The highest BCUT2D eigenvalue weighted by molar-refractivity contribution is 7.80. The molecule has 0 aliphatic heterocycles. The lowest BCUT2D eigenvalue weighted by molar-refractivity contribution is -0.120. The number of nitrogens with one attached hydrogen (secondary N) is 2. The van der Waals surface area contributed by atoms with Crippen molar-refractivity contribution in [2.24, 2.45) is 0 Å². The number of carbonyl (C=O) groups is 1. The van der Waals surface area contributed by atoms with Gasteiger partial charge in [-0.25, -0.2) is 0 Å². The Morgan fingerprint density at radius 2 is 2.10 bits per heavy atom. The molecule has 0 unspecified atom stereocenters. The first-order chi connectivity index (χ1) is 4.81. The maximum absolute atomic E-state index is 10.7. The number of carbonyl (C=O) groups excluding carboxylic acids is 1. The predicted octanol–water partition coefficient (Wildman–Crippen LogP) is -0.491. The summed E-state index contributed by atoms with van der Waals surface area (Å²) in [5, 5.41) is 5.44. The van der Waals surface area contributed by atoms with Gasteiger partial charge < -0.3 is 5.32 Å². The summed E-state index contributed by atoms with van der Waals surface area (Å²) in [6.45, 7) is 0.952. The number of thiol groups is 2. The van der Waals surface area contributed by atoms with Gasteiger partial charge in [0.25, 0.3) is 0 Å². The van der Waals surface area contributed by atoms with Crippen LogP contribution in [0.3, 0.4) is 0 Å². The Morgan fingerprint density at radius 3 is 2.60 bits per heavy atom. The van der Waals surface area contributed by atoms with E-state index in [9.17, 15) is 4.79 Å². The van der Waals surface area contributed by atoms with Gasteiger partial charge in [-0.1, -0.05) is 0 Å². The Hall–Kier alpha value is 0.130. The minimum absolute atomic E-state index is 0.0110. The van der Waals surface area contributed by atoms with Crippen molar-refractivity contribution < 1.29 is 4.79 Å². The number of hydrogen-bond acceptors (Lipinski definition) is 4. The second kappa shape index (κ2) is 7.24. The standard InChI is InChI=1S/C5H12N2OS2/c8-5(3-6-4-10)7-1-2-9/h6,9-10H,1-4H2,(H,7,8). The SMILES string of the molecule is O=C(CNCS)NCCS. The molecule has 3 nitrogen and oxygen atoms in total. The fourth-order valence-electron chi connectivity index (χ4n) is 0.427. The Morgan fingerprint density at radius 1 is 1.40 bits per heavy atom. The number of rotatable bonds is 5. The van der Waals surface area contributed by atoms with Gasteiger partial charge in [0.1, 0.15) is 0 Å². The van der Waals surface area contributed by atoms with Crippen LogP contribution in [0.1, 0.15) is 0 Å². The molecule has 0 atom stereocenters. The van der Waals surface area contributed by atoms with Crippen LogP contribution in [0.2, 0.25) is 0 Å². The van der Waals surface area contributed by atoms with E-state index < -0.39 is 0 Å². The molecule has 0 radical (unpaired) electrons. The minimum atomic E-state index is -0.0110. The van der Waals surface area contributed by atoms with Crippen LogP contribution >= 0.6 is 25.3 Å². The molecule has 60 valence electrons. The lowest BCUT2D eigenvalue weighted by Gasteiger charge is -2.01. The quantitative estimate of drug-likeness (QED) is 0.341. The molecule has 0 aromatic rings. The summed E-state index contributed by atoms with van der Waals surface area (Å²) in [6, 6.07) is 0. The van der Waals surface area contributed by atoms with Crippen molar-refractivity contribution in [3.05, 3.63) is 0 Å². The van der Waals surface area contributed by atoms with Crippen molar-refractivity contribution in [1.29, 1.82) is 0 Å². The molecule has 0 spiro atoms. The Balaban J connectivity index is 3.09. The molecule has 0 aromatic carbocycles. The van der Waals surface area contributed by atoms with Gasteiger partial charge in [-0.3, -0.25) is 10.1 Å². The molecule has 0 fully saturated rings. The van der Waals surface area contributed by atoms with Crippen molar-refractivity contribution >= 4 is 31.2 Å². The smallest absolute Gasteiger partial charge is 0.234 e. The molecule has 0 saturated carbocycles. The lowest BCUT2D eigenvalue weighted by Crippen LogP contribution is -2.34. The van der Waals surface area contributed by atoms with Crippen molar-refractivity contribution in [1.82, 2.24) is 10.6 Å². The van der Waals surface area contributed by atoms with E-state index in [-0.39, 0.29) is 5.91 Å². The summed E-state index contributed by atoms with van der Waals surface area (Å²) in [5.41, 5.74) is 0. The van der Waals surface area contributed by atoms with Crippen LogP contribution in [0.4, 0.5) is 0 Å². The third kappa shape index (κ3) is 6.25. The lowest BCUT2D eigenvalue weighted by atomic mass is 10.5. The summed E-state index contributed by atoms with van der Waals surface area (Å²) in [6.07, 6.45) is 0. The van der Waals surface area contributed by atoms with Crippen molar-refractivity contribution in [3.8, 4) is 0 Å². The molecular weight excluding hydrogens is 168 g/mol. The maximum Gasteiger partial charge on any atom is 0.234 e. The van der Waals surface area contributed by atoms with Crippen LogP contribution in [0.5, 0.6) is 0 Å². The highest BCUT2D eigenvalue weighted by Gasteiger charge is 1.95. The van der Waals surface area contributed by atoms with E-state index in [4.69, 9.17) is 0 Å².